The first kappa shape index (κ1) is 17.2. The maximum atomic E-state index is 12.5. The molecule has 0 N–H and O–H groups in total. The number of benzene rings is 1. The van der Waals surface area contributed by atoms with Crippen LogP contribution in [0.5, 0.6) is 0 Å². The molecule has 1 aliphatic carbocycles. The summed E-state index contributed by atoms with van der Waals surface area (Å²) in [5, 5.41) is -0.483. The highest BCUT2D eigenvalue weighted by Crippen LogP contribution is 2.39. The second-order valence-electron chi connectivity index (χ2n) is 4.80. The van der Waals surface area contributed by atoms with E-state index in [1.54, 1.807) is 7.05 Å². The van der Waals surface area contributed by atoms with Crippen LogP contribution in [0.4, 0.5) is 0 Å². The summed E-state index contributed by atoms with van der Waals surface area (Å²) in [5.74, 6) is -0.473. The van der Waals surface area contributed by atoms with Crippen LogP contribution in [0.1, 0.15) is 29.6 Å². The molecule has 9 heteroatoms. The highest BCUT2D eigenvalue weighted by Gasteiger charge is 2.32. The molecule has 0 aliphatic heterocycles. The van der Waals surface area contributed by atoms with Gasteiger partial charge in [0.15, 0.2) is 0 Å². The molecular formula is C12H11Cl4NO3S. The van der Waals surface area contributed by atoms with Gasteiger partial charge in [0, 0.05) is 23.8 Å². The van der Waals surface area contributed by atoms with Gasteiger partial charge in [0.1, 0.15) is 4.90 Å². The molecule has 1 saturated carbocycles. The van der Waals surface area contributed by atoms with Gasteiger partial charge in [0.2, 0.25) is 0 Å². The average molecular weight is 391 g/mol. The van der Waals surface area contributed by atoms with Crippen molar-refractivity contribution in [1.29, 1.82) is 0 Å². The van der Waals surface area contributed by atoms with Crippen molar-refractivity contribution >= 4 is 60.4 Å². The van der Waals surface area contributed by atoms with E-state index in [2.05, 4.69) is 0 Å². The van der Waals surface area contributed by atoms with E-state index in [4.69, 9.17) is 45.5 Å². The zero-order valence-electron chi connectivity index (χ0n) is 10.9. The number of hydrogen-bond acceptors (Lipinski definition) is 3. The number of halogens is 4. The second-order valence-corrected chi connectivity index (χ2v) is 8.50. The Bertz CT molecular complexity index is 701. The molecule has 116 valence electrons. The monoisotopic (exact) mass is 389 g/mol. The summed E-state index contributed by atoms with van der Waals surface area (Å²) in [7, 11) is 2.79. The number of amides is 1. The molecular weight excluding hydrogens is 380 g/mol. The lowest BCUT2D eigenvalue weighted by atomic mass is 9.91. The minimum absolute atomic E-state index is 0.0816. The average Bonchev–Trinajstić information content (AvgIpc) is 2.30. The lowest BCUT2D eigenvalue weighted by Gasteiger charge is -2.35. The topological polar surface area (TPSA) is 54.5 Å². The van der Waals surface area contributed by atoms with Gasteiger partial charge in [0.25, 0.3) is 15.0 Å². The molecule has 0 unspecified atom stereocenters. The van der Waals surface area contributed by atoms with Gasteiger partial charge in [-0.25, -0.2) is 8.42 Å². The molecule has 21 heavy (non-hydrogen) atoms. The molecule has 1 fully saturated rings. The fourth-order valence-electron chi connectivity index (χ4n) is 2.06. The Hall–Kier alpha value is -0.200. The fourth-order valence-corrected chi connectivity index (χ4v) is 4.20. The van der Waals surface area contributed by atoms with Gasteiger partial charge < -0.3 is 4.90 Å². The highest BCUT2D eigenvalue weighted by molar-refractivity contribution is 8.13. The molecule has 1 aromatic carbocycles. The Morgan fingerprint density at radius 2 is 1.81 bits per heavy atom. The molecule has 1 aromatic rings. The van der Waals surface area contributed by atoms with E-state index >= 15 is 0 Å². The van der Waals surface area contributed by atoms with Crippen LogP contribution >= 0.6 is 45.5 Å². The standard InChI is InChI=1S/C12H11Cl4NO3S/c1-17(6-3-2-4-6)12(18)9-10(14)7(13)5-8(11(9)15)21(16,19)20/h5-6H,2-4H2,1H3. The van der Waals surface area contributed by atoms with Crippen LogP contribution < -0.4 is 0 Å². The Labute approximate surface area is 142 Å². The van der Waals surface area contributed by atoms with E-state index in [-0.39, 0.29) is 26.7 Å². The summed E-state index contributed by atoms with van der Waals surface area (Å²) in [6.45, 7) is 0. The minimum atomic E-state index is -4.14. The van der Waals surface area contributed by atoms with Crippen molar-refractivity contribution in [2.75, 3.05) is 7.05 Å². The molecule has 4 nitrogen and oxygen atoms in total. The van der Waals surface area contributed by atoms with Crippen molar-refractivity contribution in [3.63, 3.8) is 0 Å². The van der Waals surface area contributed by atoms with Crippen LogP contribution in [0.2, 0.25) is 15.1 Å². The first-order valence-electron chi connectivity index (χ1n) is 6.04. The van der Waals surface area contributed by atoms with Crippen molar-refractivity contribution in [2.24, 2.45) is 0 Å². The van der Waals surface area contributed by atoms with Crippen molar-refractivity contribution < 1.29 is 13.2 Å². The van der Waals surface area contributed by atoms with Crippen LogP contribution in [-0.4, -0.2) is 32.3 Å². The molecule has 0 atom stereocenters. The summed E-state index contributed by atoms with van der Waals surface area (Å²) in [6.07, 6.45) is 2.82. The Morgan fingerprint density at radius 1 is 1.24 bits per heavy atom. The number of hydrogen-bond donors (Lipinski definition) is 0. The van der Waals surface area contributed by atoms with Gasteiger partial charge in [-0.15, -0.1) is 0 Å². The van der Waals surface area contributed by atoms with Gasteiger partial charge in [-0.05, 0) is 25.3 Å². The number of nitrogens with zero attached hydrogens (tertiary/aromatic N) is 1. The minimum Gasteiger partial charge on any atom is -0.339 e. The Kier molecular flexibility index (Phi) is 5.01. The number of rotatable bonds is 3. The zero-order chi connectivity index (χ0) is 15.9. The van der Waals surface area contributed by atoms with Gasteiger partial charge in [-0.1, -0.05) is 34.8 Å². The van der Waals surface area contributed by atoms with Crippen LogP contribution in [0.25, 0.3) is 0 Å². The SMILES string of the molecule is CN(C(=O)c1c(Cl)c(Cl)cc(S(=O)(=O)Cl)c1Cl)C1CCC1. The van der Waals surface area contributed by atoms with Crippen molar-refractivity contribution in [3.8, 4) is 0 Å². The summed E-state index contributed by atoms with van der Waals surface area (Å²) in [4.78, 5) is 13.6. The van der Waals surface area contributed by atoms with Crippen molar-refractivity contribution in [3.05, 3.63) is 26.7 Å². The third-order valence-corrected chi connectivity index (χ3v) is 6.18. The van der Waals surface area contributed by atoms with Crippen LogP contribution in [0, 0.1) is 0 Å². The third kappa shape index (κ3) is 3.27. The van der Waals surface area contributed by atoms with Gasteiger partial charge in [-0.2, -0.15) is 0 Å². The quantitative estimate of drug-likeness (QED) is 0.574. The van der Waals surface area contributed by atoms with Crippen molar-refractivity contribution in [1.82, 2.24) is 4.90 Å². The van der Waals surface area contributed by atoms with Gasteiger partial charge in [-0.3, -0.25) is 4.79 Å². The predicted octanol–water partition coefficient (Wildman–Crippen LogP) is 4.20. The molecule has 0 bridgehead atoms. The first-order valence-corrected chi connectivity index (χ1v) is 9.48. The van der Waals surface area contributed by atoms with Crippen LogP contribution in [0.15, 0.2) is 11.0 Å². The predicted molar refractivity (Wildman–Crippen MR) is 84.2 cm³/mol. The molecule has 0 radical (unpaired) electrons. The maximum Gasteiger partial charge on any atom is 0.262 e. The Balaban J connectivity index is 2.57. The summed E-state index contributed by atoms with van der Waals surface area (Å²) >= 11 is 17.9. The molecule has 0 aromatic heterocycles. The summed E-state index contributed by atoms with van der Waals surface area (Å²) in [6, 6.07) is 1.13. The van der Waals surface area contributed by atoms with Gasteiger partial charge in [0.05, 0.1) is 20.6 Å². The van der Waals surface area contributed by atoms with Crippen LogP contribution in [-0.2, 0) is 9.05 Å². The van der Waals surface area contributed by atoms with E-state index < -0.39 is 19.9 Å². The smallest absolute Gasteiger partial charge is 0.262 e. The second kappa shape index (κ2) is 6.13. The number of carbonyl (C=O) groups excluding carboxylic acids is 1. The van der Waals surface area contributed by atoms with E-state index in [0.717, 1.165) is 25.3 Å². The molecule has 1 amide bonds. The van der Waals surface area contributed by atoms with E-state index in [9.17, 15) is 13.2 Å². The molecule has 0 heterocycles. The number of carbonyl (C=O) groups is 1. The van der Waals surface area contributed by atoms with Crippen LogP contribution in [0.3, 0.4) is 0 Å². The molecule has 0 saturated heterocycles. The fraction of sp³-hybridized carbons (Fsp3) is 0.417. The largest absolute Gasteiger partial charge is 0.339 e. The normalized spacial score (nSPS) is 15.7. The van der Waals surface area contributed by atoms with E-state index in [1.807, 2.05) is 0 Å². The summed E-state index contributed by atoms with van der Waals surface area (Å²) in [5.41, 5.74) is -0.139. The van der Waals surface area contributed by atoms with E-state index in [0.29, 0.717) is 0 Å². The first-order chi connectivity index (χ1) is 9.64. The lowest BCUT2D eigenvalue weighted by Crippen LogP contribution is -2.41. The zero-order valence-corrected chi connectivity index (χ0v) is 14.7. The lowest BCUT2D eigenvalue weighted by molar-refractivity contribution is 0.0652. The van der Waals surface area contributed by atoms with E-state index in [1.165, 1.54) is 4.90 Å². The molecule has 2 rings (SSSR count). The highest BCUT2D eigenvalue weighted by atomic mass is 35.7. The molecule has 1 aliphatic rings. The molecule has 0 spiro atoms. The summed E-state index contributed by atoms with van der Waals surface area (Å²) < 4.78 is 23.0. The maximum absolute atomic E-state index is 12.5. The Morgan fingerprint density at radius 3 is 2.24 bits per heavy atom. The third-order valence-electron chi connectivity index (χ3n) is 3.54. The van der Waals surface area contributed by atoms with Gasteiger partial charge >= 0.3 is 0 Å². The van der Waals surface area contributed by atoms with Crippen molar-refractivity contribution in [2.45, 2.75) is 30.2 Å².